The van der Waals surface area contributed by atoms with Crippen molar-refractivity contribution in [2.45, 2.75) is 18.7 Å². The van der Waals surface area contributed by atoms with E-state index >= 15 is 0 Å². The van der Waals surface area contributed by atoms with Gasteiger partial charge in [0.1, 0.15) is 12.0 Å². The van der Waals surface area contributed by atoms with Crippen LogP contribution in [0.5, 0.6) is 5.75 Å². The number of carbonyl (C=O) groups is 1. The molecule has 0 saturated carbocycles. The summed E-state index contributed by atoms with van der Waals surface area (Å²) in [6.07, 6.45) is -10.5. The summed E-state index contributed by atoms with van der Waals surface area (Å²) < 4.78 is 64.3. The molecular weight excluding hydrogens is 271 g/mol. The number of halogens is 5. The summed E-state index contributed by atoms with van der Waals surface area (Å²) in [7, 11) is 0. The van der Waals surface area contributed by atoms with Crippen LogP contribution in [-0.4, -0.2) is 18.6 Å². The van der Waals surface area contributed by atoms with E-state index in [9.17, 15) is 26.7 Å². The Hall–Kier alpha value is -2.10. The van der Waals surface area contributed by atoms with Crippen molar-refractivity contribution in [2.24, 2.45) is 0 Å². The van der Waals surface area contributed by atoms with Gasteiger partial charge in [-0.15, -0.1) is 0 Å². The minimum absolute atomic E-state index is 0.00436. The van der Waals surface area contributed by atoms with Crippen molar-refractivity contribution in [1.29, 1.82) is 0 Å². The third-order valence-electron chi connectivity index (χ3n) is 1.85. The van der Waals surface area contributed by atoms with Gasteiger partial charge in [-0.1, -0.05) is 11.8 Å². The average Bonchev–Trinajstić information content (AvgIpc) is 2.30. The van der Waals surface area contributed by atoms with Crippen molar-refractivity contribution in [1.82, 2.24) is 0 Å². The fraction of sp³-hybridized carbons (Fsp3) is 0.250. The zero-order chi connectivity index (χ0) is 14.5. The summed E-state index contributed by atoms with van der Waals surface area (Å²) in [4.78, 5) is 9.99. The molecule has 19 heavy (non-hydrogen) atoms. The van der Waals surface area contributed by atoms with Gasteiger partial charge in [0.25, 0.3) is 0 Å². The number of carbonyl (C=O) groups excluding carboxylic acids is 1. The van der Waals surface area contributed by atoms with E-state index in [4.69, 9.17) is 0 Å². The lowest BCUT2D eigenvalue weighted by Gasteiger charge is -2.20. The zero-order valence-electron chi connectivity index (χ0n) is 9.30. The van der Waals surface area contributed by atoms with E-state index in [0.29, 0.717) is 11.8 Å². The Morgan fingerprint density at radius 1 is 1.11 bits per heavy atom. The number of ether oxygens (including phenoxy) is 1. The third kappa shape index (κ3) is 4.25. The van der Waals surface area contributed by atoms with Crippen molar-refractivity contribution < 1.29 is 31.5 Å². The molecule has 0 spiro atoms. The molecule has 1 rings (SSSR count). The van der Waals surface area contributed by atoms with Gasteiger partial charge in [-0.05, 0) is 24.3 Å². The van der Waals surface area contributed by atoms with Crippen LogP contribution >= 0.6 is 0 Å². The van der Waals surface area contributed by atoms with E-state index in [-0.39, 0.29) is 6.42 Å². The number of hydrogen-bond acceptors (Lipinski definition) is 2. The summed E-state index contributed by atoms with van der Waals surface area (Å²) in [6, 6.07) is 4.29. The van der Waals surface area contributed by atoms with Crippen molar-refractivity contribution in [3.05, 3.63) is 29.8 Å². The van der Waals surface area contributed by atoms with E-state index in [1.807, 2.05) is 0 Å². The Bertz CT molecular complexity index is 494. The Labute approximate surface area is 105 Å². The van der Waals surface area contributed by atoms with Gasteiger partial charge in [-0.3, -0.25) is 0 Å². The molecule has 1 aromatic rings. The van der Waals surface area contributed by atoms with Crippen LogP contribution in [0.4, 0.5) is 22.0 Å². The average molecular weight is 278 g/mol. The number of alkyl halides is 5. The molecule has 0 aliphatic carbocycles. The largest absolute Gasteiger partial charge is 0.499 e. The monoisotopic (exact) mass is 278 g/mol. The summed E-state index contributed by atoms with van der Waals surface area (Å²) in [5.41, 5.74) is 0.365. The van der Waals surface area contributed by atoms with E-state index in [0.717, 1.165) is 12.1 Å². The predicted molar refractivity (Wildman–Crippen MR) is 55.6 cm³/mol. The summed E-state index contributed by atoms with van der Waals surface area (Å²) >= 11 is 0. The lowest BCUT2D eigenvalue weighted by molar-refractivity contribution is -0.360. The summed E-state index contributed by atoms with van der Waals surface area (Å²) in [6.45, 7) is 0. The molecule has 2 nitrogen and oxygen atoms in total. The first kappa shape index (κ1) is 15.0. The quantitative estimate of drug-likeness (QED) is 0.482. The molecule has 0 N–H and O–H groups in total. The summed E-state index contributed by atoms with van der Waals surface area (Å²) in [5.74, 6) is 4.34. The lowest BCUT2D eigenvalue weighted by atomic mass is 10.2. The molecule has 0 aliphatic heterocycles. The molecule has 0 unspecified atom stereocenters. The molecule has 0 heterocycles. The van der Waals surface area contributed by atoms with Crippen LogP contribution in [0.3, 0.4) is 0 Å². The first-order valence-electron chi connectivity index (χ1n) is 4.92. The molecular formula is C12H7F5O2. The molecule has 102 valence electrons. The molecule has 0 radical (unpaired) electrons. The van der Waals surface area contributed by atoms with Crippen LogP contribution < -0.4 is 4.74 Å². The number of rotatable bonds is 3. The second kappa shape index (κ2) is 5.69. The smallest absolute Gasteiger partial charge is 0.426 e. The molecule has 7 heteroatoms. The Morgan fingerprint density at radius 3 is 2.16 bits per heavy atom. The Balaban J connectivity index is 2.78. The van der Waals surface area contributed by atoms with Gasteiger partial charge in [0.2, 0.25) is 0 Å². The maximum absolute atomic E-state index is 12.6. The van der Waals surface area contributed by atoms with E-state index in [2.05, 4.69) is 16.6 Å². The van der Waals surface area contributed by atoms with Crippen LogP contribution in [0, 0.1) is 11.8 Å². The van der Waals surface area contributed by atoms with Crippen molar-refractivity contribution in [2.75, 3.05) is 0 Å². The minimum Gasteiger partial charge on any atom is -0.426 e. The maximum atomic E-state index is 12.6. The van der Waals surface area contributed by atoms with Gasteiger partial charge in [-0.25, -0.2) is 0 Å². The van der Waals surface area contributed by atoms with Crippen LogP contribution in [0.15, 0.2) is 24.3 Å². The van der Waals surface area contributed by atoms with Gasteiger partial charge in [-0.2, -0.15) is 22.0 Å². The highest BCUT2D eigenvalue weighted by Crippen LogP contribution is 2.37. The molecule has 0 aliphatic rings. The predicted octanol–water partition coefficient (Wildman–Crippen LogP) is 3.16. The Kier molecular flexibility index (Phi) is 4.48. The van der Waals surface area contributed by atoms with E-state index in [1.165, 1.54) is 12.1 Å². The van der Waals surface area contributed by atoms with Crippen LogP contribution in [-0.2, 0) is 4.79 Å². The van der Waals surface area contributed by atoms with Gasteiger partial charge in [0.15, 0.2) is 0 Å². The summed E-state index contributed by atoms with van der Waals surface area (Å²) in [5, 5.41) is 0. The van der Waals surface area contributed by atoms with Gasteiger partial charge < -0.3 is 9.53 Å². The molecule has 1 aromatic carbocycles. The number of benzene rings is 1. The van der Waals surface area contributed by atoms with Crippen molar-refractivity contribution in [3.8, 4) is 17.6 Å². The van der Waals surface area contributed by atoms with E-state index < -0.39 is 18.0 Å². The van der Waals surface area contributed by atoms with Crippen LogP contribution in [0.1, 0.15) is 12.0 Å². The van der Waals surface area contributed by atoms with Crippen LogP contribution in [0.2, 0.25) is 0 Å². The number of hydrogen-bond donors (Lipinski definition) is 0. The molecule has 0 amide bonds. The standard InChI is InChI=1S/C12H7F5O2/c13-11(14,15)12(16,17)19-10-6-4-9(5-7-10)3-1-2-8-18/h4-8H,2H2. The SMILES string of the molecule is O=CCC#Cc1ccc(OC(F)(F)C(F)(F)F)cc1. The molecule has 0 bridgehead atoms. The van der Waals surface area contributed by atoms with E-state index in [1.54, 1.807) is 0 Å². The van der Waals surface area contributed by atoms with Gasteiger partial charge >= 0.3 is 12.3 Å². The zero-order valence-corrected chi connectivity index (χ0v) is 9.30. The molecule has 0 fully saturated rings. The molecule has 0 saturated heterocycles. The van der Waals surface area contributed by atoms with Crippen molar-refractivity contribution in [3.63, 3.8) is 0 Å². The Morgan fingerprint density at radius 2 is 1.68 bits per heavy atom. The fourth-order valence-corrected chi connectivity index (χ4v) is 1.01. The number of aldehydes is 1. The van der Waals surface area contributed by atoms with Gasteiger partial charge in [0.05, 0.1) is 6.42 Å². The second-order valence-corrected chi connectivity index (χ2v) is 3.31. The van der Waals surface area contributed by atoms with Gasteiger partial charge in [0, 0.05) is 5.56 Å². The maximum Gasteiger partial charge on any atom is 0.499 e. The van der Waals surface area contributed by atoms with Crippen LogP contribution in [0.25, 0.3) is 0 Å². The first-order chi connectivity index (χ1) is 8.76. The normalized spacial score (nSPS) is 11.4. The third-order valence-corrected chi connectivity index (χ3v) is 1.85. The topological polar surface area (TPSA) is 26.3 Å². The second-order valence-electron chi connectivity index (χ2n) is 3.31. The highest BCUT2D eigenvalue weighted by molar-refractivity contribution is 5.55. The minimum atomic E-state index is -5.78. The fourth-order valence-electron chi connectivity index (χ4n) is 1.01. The molecule has 0 aromatic heterocycles. The van der Waals surface area contributed by atoms with Crippen molar-refractivity contribution >= 4 is 6.29 Å². The highest BCUT2D eigenvalue weighted by atomic mass is 19.4. The lowest BCUT2D eigenvalue weighted by Crippen LogP contribution is -2.41. The first-order valence-corrected chi connectivity index (χ1v) is 4.92. The molecule has 0 atom stereocenters. The highest BCUT2D eigenvalue weighted by Gasteiger charge is 2.61.